The molecule has 7 heteroatoms. The van der Waals surface area contributed by atoms with Crippen molar-refractivity contribution in [3.8, 4) is 0 Å². The van der Waals surface area contributed by atoms with Crippen LogP contribution in [-0.4, -0.2) is 41.4 Å². The summed E-state index contributed by atoms with van der Waals surface area (Å²) in [5, 5.41) is 10.0. The minimum atomic E-state index is -0.685. The first-order valence-corrected chi connectivity index (χ1v) is 6.41. The summed E-state index contributed by atoms with van der Waals surface area (Å²) < 4.78 is 6.47. The number of hydrogen-bond acceptors (Lipinski definition) is 5. The number of rotatable bonds is 6. The number of amides is 1. The Balaban J connectivity index is 2.60. The summed E-state index contributed by atoms with van der Waals surface area (Å²) in [6.45, 7) is 6.18. The Morgan fingerprint density at radius 2 is 2.05 bits per heavy atom. The van der Waals surface area contributed by atoms with Crippen LogP contribution in [0.25, 0.3) is 0 Å². The third-order valence-electron chi connectivity index (χ3n) is 3.17. The Bertz CT molecular complexity index is 496. The number of nitrogens with one attached hydrogen (secondary N) is 2. The normalized spacial score (nSPS) is 12.1. The van der Waals surface area contributed by atoms with E-state index < -0.39 is 12.0 Å². The highest BCUT2D eigenvalue weighted by atomic mass is 16.5. The molecule has 2 N–H and O–H groups in total. The van der Waals surface area contributed by atoms with E-state index in [0.717, 1.165) is 17.0 Å². The Morgan fingerprint density at radius 1 is 1.40 bits per heavy atom. The smallest absolute Gasteiger partial charge is 0.329 e. The lowest BCUT2D eigenvalue weighted by Crippen LogP contribution is -2.47. The summed E-state index contributed by atoms with van der Waals surface area (Å²) in [4.78, 5) is 22.6. The van der Waals surface area contributed by atoms with Gasteiger partial charge in [-0.25, -0.2) is 4.79 Å². The molecule has 1 atom stereocenters. The minimum Gasteiger partial charge on any atom is -0.467 e. The maximum Gasteiger partial charge on any atom is 0.329 e. The van der Waals surface area contributed by atoms with Gasteiger partial charge in [-0.2, -0.15) is 5.10 Å². The van der Waals surface area contributed by atoms with Gasteiger partial charge in [0.15, 0.2) is 0 Å². The quantitative estimate of drug-likeness (QED) is 0.706. The van der Waals surface area contributed by atoms with Crippen LogP contribution in [0.15, 0.2) is 0 Å². The van der Waals surface area contributed by atoms with Gasteiger partial charge in [-0.15, -0.1) is 0 Å². The second-order valence-electron chi connectivity index (χ2n) is 4.68. The maximum atomic E-state index is 11.5. The molecule has 1 heterocycles. The lowest BCUT2D eigenvalue weighted by atomic mass is 10.2. The third-order valence-corrected chi connectivity index (χ3v) is 3.17. The zero-order valence-electron chi connectivity index (χ0n) is 12.6. The van der Waals surface area contributed by atoms with Crippen LogP contribution in [0.4, 0.5) is 0 Å². The fraction of sp³-hybridized carbons (Fsp3) is 0.615. The molecular formula is C13H22N4O3. The van der Waals surface area contributed by atoms with Crippen molar-refractivity contribution in [2.45, 2.75) is 33.4 Å². The van der Waals surface area contributed by atoms with E-state index in [-0.39, 0.29) is 5.91 Å². The number of nitrogens with zero attached hydrogens (tertiary/aromatic N) is 2. The molecule has 0 bridgehead atoms. The molecule has 0 fully saturated rings. The zero-order valence-corrected chi connectivity index (χ0v) is 12.6. The number of carbonyl (C=O) groups is 2. The maximum absolute atomic E-state index is 11.5. The number of hydrogen-bond donors (Lipinski definition) is 2. The van der Waals surface area contributed by atoms with Gasteiger partial charge in [0.25, 0.3) is 0 Å². The molecular weight excluding hydrogens is 260 g/mol. The SMILES string of the molecule is COC(=O)C(CNCc1c(C)nn(C)c1C)NC(C)=O. The van der Waals surface area contributed by atoms with Gasteiger partial charge in [0.05, 0.1) is 12.8 Å². The fourth-order valence-electron chi connectivity index (χ4n) is 2.00. The molecule has 1 amide bonds. The van der Waals surface area contributed by atoms with Gasteiger partial charge in [-0.05, 0) is 13.8 Å². The summed E-state index contributed by atoms with van der Waals surface area (Å²) in [5.41, 5.74) is 3.12. The molecule has 0 aliphatic rings. The predicted molar refractivity (Wildman–Crippen MR) is 74.0 cm³/mol. The summed E-state index contributed by atoms with van der Waals surface area (Å²) in [6.07, 6.45) is 0. The van der Waals surface area contributed by atoms with E-state index >= 15 is 0 Å². The molecule has 1 rings (SSSR count). The first-order valence-electron chi connectivity index (χ1n) is 6.41. The van der Waals surface area contributed by atoms with Gasteiger partial charge in [0.2, 0.25) is 5.91 Å². The van der Waals surface area contributed by atoms with E-state index in [2.05, 4.69) is 20.5 Å². The molecule has 112 valence electrons. The van der Waals surface area contributed by atoms with E-state index in [4.69, 9.17) is 0 Å². The highest BCUT2D eigenvalue weighted by Crippen LogP contribution is 2.11. The van der Waals surface area contributed by atoms with Crippen molar-refractivity contribution in [2.24, 2.45) is 7.05 Å². The molecule has 1 aromatic heterocycles. The van der Waals surface area contributed by atoms with Crippen LogP contribution in [0.5, 0.6) is 0 Å². The number of carbonyl (C=O) groups excluding carboxylic acids is 2. The lowest BCUT2D eigenvalue weighted by Gasteiger charge is -2.16. The molecule has 0 aliphatic carbocycles. The standard InChI is InChI=1S/C13H22N4O3/c1-8-11(9(2)17(4)16-8)6-14-7-12(13(19)20-5)15-10(3)18/h12,14H,6-7H2,1-5H3,(H,15,18). The van der Waals surface area contributed by atoms with Crippen LogP contribution in [0.3, 0.4) is 0 Å². The molecule has 20 heavy (non-hydrogen) atoms. The number of aromatic nitrogens is 2. The van der Waals surface area contributed by atoms with Gasteiger partial charge in [0, 0.05) is 38.3 Å². The molecule has 7 nitrogen and oxygen atoms in total. The van der Waals surface area contributed by atoms with E-state index in [0.29, 0.717) is 13.1 Å². The highest BCUT2D eigenvalue weighted by Gasteiger charge is 2.20. The minimum absolute atomic E-state index is 0.268. The van der Waals surface area contributed by atoms with Crippen molar-refractivity contribution in [2.75, 3.05) is 13.7 Å². The van der Waals surface area contributed by atoms with Gasteiger partial charge >= 0.3 is 5.97 Å². The van der Waals surface area contributed by atoms with E-state index in [1.165, 1.54) is 14.0 Å². The van der Waals surface area contributed by atoms with Gasteiger partial charge in [0.1, 0.15) is 6.04 Å². The zero-order chi connectivity index (χ0) is 15.3. The van der Waals surface area contributed by atoms with E-state index in [1.54, 1.807) is 0 Å². The Hall–Kier alpha value is -1.89. The van der Waals surface area contributed by atoms with Crippen molar-refractivity contribution in [1.82, 2.24) is 20.4 Å². The monoisotopic (exact) mass is 282 g/mol. The molecule has 0 saturated heterocycles. The average Bonchev–Trinajstić information content (AvgIpc) is 2.62. The lowest BCUT2D eigenvalue weighted by molar-refractivity contribution is -0.144. The molecule has 0 spiro atoms. The second kappa shape index (κ2) is 7.04. The van der Waals surface area contributed by atoms with Crippen LogP contribution in [0.1, 0.15) is 23.9 Å². The molecule has 0 saturated carbocycles. The first kappa shape index (κ1) is 16.2. The van der Waals surface area contributed by atoms with Gasteiger partial charge < -0.3 is 15.4 Å². The van der Waals surface area contributed by atoms with Crippen LogP contribution in [0.2, 0.25) is 0 Å². The topological polar surface area (TPSA) is 85.2 Å². The van der Waals surface area contributed by atoms with Crippen molar-refractivity contribution in [3.63, 3.8) is 0 Å². The van der Waals surface area contributed by atoms with Crippen LogP contribution < -0.4 is 10.6 Å². The summed E-state index contributed by atoms with van der Waals surface area (Å²) >= 11 is 0. The number of ether oxygens (including phenoxy) is 1. The average molecular weight is 282 g/mol. The molecule has 0 aliphatic heterocycles. The summed E-state index contributed by atoms with van der Waals surface area (Å²) in [7, 11) is 3.19. The first-order chi connectivity index (χ1) is 9.36. The van der Waals surface area contributed by atoms with E-state index in [1.807, 2.05) is 25.6 Å². The van der Waals surface area contributed by atoms with Crippen molar-refractivity contribution >= 4 is 11.9 Å². The van der Waals surface area contributed by atoms with Crippen molar-refractivity contribution in [3.05, 3.63) is 17.0 Å². The largest absolute Gasteiger partial charge is 0.467 e. The summed E-state index contributed by atoms with van der Waals surface area (Å²) in [5.74, 6) is -0.733. The molecule has 1 aromatic rings. The fourth-order valence-corrected chi connectivity index (χ4v) is 2.00. The van der Waals surface area contributed by atoms with Crippen molar-refractivity contribution in [1.29, 1.82) is 0 Å². The third kappa shape index (κ3) is 4.06. The van der Waals surface area contributed by atoms with Crippen LogP contribution >= 0.6 is 0 Å². The highest BCUT2D eigenvalue weighted by molar-refractivity contribution is 5.83. The number of methoxy groups -OCH3 is 1. The molecule has 1 unspecified atom stereocenters. The van der Waals surface area contributed by atoms with Gasteiger partial charge in [-0.3, -0.25) is 9.48 Å². The van der Waals surface area contributed by atoms with Crippen LogP contribution in [-0.2, 0) is 27.9 Å². The molecule has 0 radical (unpaired) electrons. The second-order valence-corrected chi connectivity index (χ2v) is 4.68. The number of aryl methyl sites for hydroxylation is 2. The van der Waals surface area contributed by atoms with Crippen LogP contribution in [0, 0.1) is 13.8 Å². The summed E-state index contributed by atoms with van der Waals surface area (Å²) in [6, 6.07) is -0.685. The van der Waals surface area contributed by atoms with Gasteiger partial charge in [-0.1, -0.05) is 0 Å². The predicted octanol–water partition coefficient (Wildman–Crippen LogP) is -0.196. The van der Waals surface area contributed by atoms with Crippen molar-refractivity contribution < 1.29 is 14.3 Å². The Labute approximate surface area is 118 Å². The Kier molecular flexibility index (Phi) is 5.69. The Morgan fingerprint density at radius 3 is 2.50 bits per heavy atom. The van der Waals surface area contributed by atoms with E-state index in [9.17, 15) is 9.59 Å². The number of esters is 1. The molecule has 0 aromatic carbocycles.